The molecule has 3 nitrogen and oxygen atoms in total. The van der Waals surface area contributed by atoms with Crippen LogP contribution >= 0.6 is 0 Å². The van der Waals surface area contributed by atoms with Crippen LogP contribution in [0.4, 0.5) is 0 Å². The van der Waals surface area contributed by atoms with Gasteiger partial charge in [0.05, 0.1) is 12.2 Å². The van der Waals surface area contributed by atoms with Crippen LogP contribution in [0.3, 0.4) is 0 Å². The number of rotatable bonds is 2. The average molecular weight is 173 g/mol. The van der Waals surface area contributed by atoms with Crippen molar-refractivity contribution in [2.45, 2.75) is 38.6 Å². The van der Waals surface area contributed by atoms with Crippen molar-refractivity contribution >= 4 is 0 Å². The highest BCUT2D eigenvalue weighted by Gasteiger charge is 2.36. The molecule has 3 unspecified atom stereocenters. The molecule has 0 bridgehead atoms. The van der Waals surface area contributed by atoms with Gasteiger partial charge in [0, 0.05) is 20.2 Å². The quantitative estimate of drug-likeness (QED) is 0.669. The molecule has 0 radical (unpaired) electrons. The van der Waals surface area contributed by atoms with Crippen molar-refractivity contribution in [1.29, 1.82) is 0 Å². The van der Waals surface area contributed by atoms with Gasteiger partial charge in [-0.25, -0.2) is 0 Å². The second-order valence-electron chi connectivity index (χ2n) is 3.75. The van der Waals surface area contributed by atoms with Gasteiger partial charge in [-0.2, -0.15) is 0 Å². The molecule has 3 heteroatoms. The number of hydrogen-bond donors (Lipinski definition) is 1. The SMILES string of the molecule is COC(C)C1(C)CNCC(C)O1. The predicted molar refractivity (Wildman–Crippen MR) is 48.3 cm³/mol. The second kappa shape index (κ2) is 3.73. The Hall–Kier alpha value is -0.120. The Balaban J connectivity index is 2.56. The number of ether oxygens (including phenoxy) is 2. The summed E-state index contributed by atoms with van der Waals surface area (Å²) < 4.78 is 11.1. The summed E-state index contributed by atoms with van der Waals surface area (Å²) in [6, 6.07) is 0. The molecule has 72 valence electrons. The van der Waals surface area contributed by atoms with Gasteiger partial charge in [0.25, 0.3) is 0 Å². The zero-order valence-electron chi connectivity index (χ0n) is 8.39. The minimum Gasteiger partial charge on any atom is -0.379 e. The van der Waals surface area contributed by atoms with Gasteiger partial charge in [-0.3, -0.25) is 0 Å². The van der Waals surface area contributed by atoms with Crippen LogP contribution in [-0.2, 0) is 9.47 Å². The lowest BCUT2D eigenvalue weighted by molar-refractivity contribution is -0.159. The highest BCUT2D eigenvalue weighted by molar-refractivity contribution is 4.89. The number of morpholine rings is 1. The average Bonchev–Trinajstić information content (AvgIpc) is 2.02. The van der Waals surface area contributed by atoms with Crippen LogP contribution in [0, 0.1) is 0 Å². The molecule has 1 aliphatic heterocycles. The van der Waals surface area contributed by atoms with Crippen molar-refractivity contribution in [2.75, 3.05) is 20.2 Å². The zero-order valence-corrected chi connectivity index (χ0v) is 8.39. The Morgan fingerprint density at radius 1 is 1.67 bits per heavy atom. The van der Waals surface area contributed by atoms with Gasteiger partial charge in [-0.15, -0.1) is 0 Å². The third-order valence-electron chi connectivity index (χ3n) is 2.59. The molecular weight excluding hydrogens is 154 g/mol. The molecule has 1 rings (SSSR count). The van der Waals surface area contributed by atoms with Gasteiger partial charge in [0.1, 0.15) is 5.60 Å². The lowest BCUT2D eigenvalue weighted by Gasteiger charge is -2.41. The fraction of sp³-hybridized carbons (Fsp3) is 1.00. The van der Waals surface area contributed by atoms with Gasteiger partial charge in [-0.05, 0) is 20.8 Å². The van der Waals surface area contributed by atoms with Crippen molar-refractivity contribution < 1.29 is 9.47 Å². The molecule has 1 aliphatic rings. The van der Waals surface area contributed by atoms with Crippen molar-refractivity contribution in [3.05, 3.63) is 0 Å². The standard InChI is InChI=1S/C9H19NO2/c1-7-5-10-6-9(3,12-7)8(2)11-4/h7-8,10H,5-6H2,1-4H3. The summed E-state index contributed by atoms with van der Waals surface area (Å²) in [5.41, 5.74) is -0.174. The molecule has 0 aromatic carbocycles. The number of methoxy groups -OCH3 is 1. The molecule has 1 heterocycles. The Morgan fingerprint density at radius 2 is 2.33 bits per heavy atom. The number of nitrogens with one attached hydrogen (secondary N) is 1. The molecule has 1 saturated heterocycles. The van der Waals surface area contributed by atoms with E-state index in [4.69, 9.17) is 9.47 Å². The largest absolute Gasteiger partial charge is 0.379 e. The third kappa shape index (κ3) is 1.97. The van der Waals surface area contributed by atoms with E-state index < -0.39 is 0 Å². The van der Waals surface area contributed by atoms with Crippen LogP contribution in [0.15, 0.2) is 0 Å². The summed E-state index contributed by atoms with van der Waals surface area (Å²) in [5.74, 6) is 0. The second-order valence-corrected chi connectivity index (χ2v) is 3.75. The van der Waals surface area contributed by atoms with Crippen LogP contribution in [0.1, 0.15) is 20.8 Å². The van der Waals surface area contributed by atoms with E-state index in [1.54, 1.807) is 7.11 Å². The Labute approximate surface area is 74.4 Å². The summed E-state index contributed by atoms with van der Waals surface area (Å²) in [6.45, 7) is 8.01. The van der Waals surface area contributed by atoms with E-state index in [1.165, 1.54) is 0 Å². The van der Waals surface area contributed by atoms with Gasteiger partial charge in [0.2, 0.25) is 0 Å². The van der Waals surface area contributed by atoms with E-state index in [0.717, 1.165) is 13.1 Å². The van der Waals surface area contributed by atoms with Crippen LogP contribution in [-0.4, -0.2) is 38.0 Å². The van der Waals surface area contributed by atoms with E-state index >= 15 is 0 Å². The van der Waals surface area contributed by atoms with E-state index in [-0.39, 0.29) is 17.8 Å². The normalized spacial score (nSPS) is 39.5. The maximum Gasteiger partial charge on any atom is 0.104 e. The molecule has 3 atom stereocenters. The maximum absolute atomic E-state index is 5.84. The Morgan fingerprint density at radius 3 is 2.83 bits per heavy atom. The van der Waals surface area contributed by atoms with Crippen LogP contribution < -0.4 is 5.32 Å². The minimum absolute atomic E-state index is 0.132. The smallest absolute Gasteiger partial charge is 0.104 e. The zero-order chi connectivity index (χ0) is 9.19. The fourth-order valence-corrected chi connectivity index (χ4v) is 1.56. The lowest BCUT2D eigenvalue weighted by Crippen LogP contribution is -2.57. The van der Waals surface area contributed by atoms with Gasteiger partial charge < -0.3 is 14.8 Å². The summed E-state index contributed by atoms with van der Waals surface area (Å²) in [4.78, 5) is 0. The predicted octanol–water partition coefficient (Wildman–Crippen LogP) is 0.788. The molecule has 0 amide bonds. The Kier molecular flexibility index (Phi) is 3.09. The Bertz CT molecular complexity index is 151. The molecule has 1 N–H and O–H groups in total. The van der Waals surface area contributed by atoms with Crippen molar-refractivity contribution in [2.24, 2.45) is 0 Å². The maximum atomic E-state index is 5.84. The summed E-state index contributed by atoms with van der Waals surface area (Å²) in [7, 11) is 1.72. The molecule has 0 aromatic rings. The van der Waals surface area contributed by atoms with E-state index in [1.807, 2.05) is 6.92 Å². The van der Waals surface area contributed by atoms with E-state index in [0.29, 0.717) is 0 Å². The summed E-state index contributed by atoms with van der Waals surface area (Å²) >= 11 is 0. The molecule has 0 aromatic heterocycles. The van der Waals surface area contributed by atoms with Crippen molar-refractivity contribution in [3.63, 3.8) is 0 Å². The van der Waals surface area contributed by atoms with Crippen LogP contribution in [0.25, 0.3) is 0 Å². The monoisotopic (exact) mass is 173 g/mol. The first-order valence-corrected chi connectivity index (χ1v) is 4.50. The lowest BCUT2D eigenvalue weighted by atomic mass is 9.98. The molecule has 0 aliphatic carbocycles. The first kappa shape index (κ1) is 9.96. The molecular formula is C9H19NO2. The van der Waals surface area contributed by atoms with Gasteiger partial charge >= 0.3 is 0 Å². The highest BCUT2D eigenvalue weighted by Crippen LogP contribution is 2.21. The topological polar surface area (TPSA) is 30.5 Å². The molecule has 1 fully saturated rings. The number of hydrogen-bond acceptors (Lipinski definition) is 3. The molecule has 0 spiro atoms. The first-order chi connectivity index (χ1) is 5.58. The van der Waals surface area contributed by atoms with E-state index in [9.17, 15) is 0 Å². The minimum atomic E-state index is -0.174. The molecule has 0 saturated carbocycles. The summed E-state index contributed by atoms with van der Waals surface area (Å²) in [5, 5.41) is 3.34. The van der Waals surface area contributed by atoms with Crippen molar-refractivity contribution in [3.8, 4) is 0 Å². The van der Waals surface area contributed by atoms with Crippen LogP contribution in [0.2, 0.25) is 0 Å². The van der Waals surface area contributed by atoms with Gasteiger partial charge in [-0.1, -0.05) is 0 Å². The molecule has 12 heavy (non-hydrogen) atoms. The van der Waals surface area contributed by atoms with Crippen LogP contribution in [0.5, 0.6) is 0 Å². The first-order valence-electron chi connectivity index (χ1n) is 4.50. The van der Waals surface area contributed by atoms with E-state index in [2.05, 4.69) is 19.2 Å². The van der Waals surface area contributed by atoms with Gasteiger partial charge in [0.15, 0.2) is 0 Å². The van der Waals surface area contributed by atoms with Crippen molar-refractivity contribution in [1.82, 2.24) is 5.32 Å². The third-order valence-corrected chi connectivity index (χ3v) is 2.59. The summed E-state index contributed by atoms with van der Waals surface area (Å²) in [6.07, 6.45) is 0.411. The highest BCUT2D eigenvalue weighted by atomic mass is 16.6. The fourth-order valence-electron chi connectivity index (χ4n) is 1.56.